The molecule has 0 unspecified atom stereocenters. The first-order valence-electron chi connectivity index (χ1n) is 9.41. The van der Waals surface area contributed by atoms with Crippen LogP contribution in [0.5, 0.6) is 0 Å². The normalized spacial score (nSPS) is 11.7. The lowest BCUT2D eigenvalue weighted by Crippen LogP contribution is -2.15. The third-order valence-electron chi connectivity index (χ3n) is 4.60. The van der Waals surface area contributed by atoms with E-state index < -0.39 is 22.7 Å². The molecule has 1 amide bonds. The molecule has 0 bridgehead atoms. The summed E-state index contributed by atoms with van der Waals surface area (Å²) in [6.45, 7) is 2.01. The van der Waals surface area contributed by atoms with Gasteiger partial charge in [0, 0.05) is 23.6 Å². The van der Waals surface area contributed by atoms with Crippen LogP contribution in [0.1, 0.15) is 11.1 Å². The van der Waals surface area contributed by atoms with Crippen LogP contribution in [0, 0.1) is 6.92 Å². The van der Waals surface area contributed by atoms with E-state index in [0.717, 1.165) is 34.5 Å². The van der Waals surface area contributed by atoms with Gasteiger partial charge in [0.15, 0.2) is 0 Å². The molecule has 4 rings (SSSR count). The Hall–Kier alpha value is -3.04. The van der Waals surface area contributed by atoms with Gasteiger partial charge in [0.05, 0.1) is 27.5 Å². The predicted molar refractivity (Wildman–Crippen MR) is 119 cm³/mol. The molecule has 2 aromatic heterocycles. The lowest BCUT2D eigenvalue weighted by Gasteiger charge is -2.11. The van der Waals surface area contributed by atoms with E-state index in [0.29, 0.717) is 5.03 Å². The Morgan fingerprint density at radius 2 is 1.91 bits per heavy atom. The standard InChI is InChI=1S/C22H16ClF3N4OS/c1-13-2-4-14(5-3-13)18-11-19-21(27-8-9-30(19)29-18)32-12-20(31)28-15-6-7-17(23)16(10-15)22(24,25)26/h2-11H,12H2,1H3,(H,28,31). The van der Waals surface area contributed by atoms with Gasteiger partial charge in [-0.05, 0) is 31.2 Å². The minimum atomic E-state index is -4.61. The number of benzene rings is 2. The Morgan fingerprint density at radius 1 is 1.16 bits per heavy atom. The Morgan fingerprint density at radius 3 is 2.62 bits per heavy atom. The number of nitrogens with zero attached hydrogens (tertiary/aromatic N) is 3. The van der Waals surface area contributed by atoms with E-state index in [1.165, 1.54) is 17.8 Å². The van der Waals surface area contributed by atoms with Gasteiger partial charge in [0.2, 0.25) is 5.91 Å². The zero-order valence-electron chi connectivity index (χ0n) is 16.7. The number of fused-ring (bicyclic) bond motifs is 1. The molecule has 0 saturated heterocycles. The number of aryl methyl sites for hydroxylation is 1. The Kier molecular flexibility index (Phi) is 6.12. The Bertz CT molecular complexity index is 1290. The van der Waals surface area contributed by atoms with Gasteiger partial charge in [-0.15, -0.1) is 0 Å². The van der Waals surface area contributed by atoms with E-state index in [2.05, 4.69) is 15.4 Å². The van der Waals surface area contributed by atoms with Crippen molar-refractivity contribution in [3.05, 3.63) is 77.1 Å². The minimum Gasteiger partial charge on any atom is -0.325 e. The topological polar surface area (TPSA) is 59.3 Å². The highest BCUT2D eigenvalue weighted by Crippen LogP contribution is 2.36. The highest BCUT2D eigenvalue weighted by atomic mass is 35.5. The van der Waals surface area contributed by atoms with E-state index in [9.17, 15) is 18.0 Å². The molecule has 0 radical (unpaired) electrons. The van der Waals surface area contributed by atoms with Crippen molar-refractivity contribution in [2.75, 3.05) is 11.1 Å². The summed E-state index contributed by atoms with van der Waals surface area (Å²) in [5.41, 5.74) is 2.61. The van der Waals surface area contributed by atoms with Crippen molar-refractivity contribution in [2.24, 2.45) is 0 Å². The van der Waals surface area contributed by atoms with Crippen LogP contribution in [0.2, 0.25) is 5.02 Å². The molecule has 164 valence electrons. The average molecular weight is 477 g/mol. The molecular weight excluding hydrogens is 461 g/mol. The molecule has 0 atom stereocenters. The highest BCUT2D eigenvalue weighted by Gasteiger charge is 2.33. The first kappa shape index (κ1) is 22.2. The predicted octanol–water partition coefficient (Wildman–Crippen LogP) is 6.11. The number of thioether (sulfide) groups is 1. The van der Waals surface area contributed by atoms with Crippen LogP contribution in [-0.4, -0.2) is 26.3 Å². The van der Waals surface area contributed by atoms with Gasteiger partial charge in [-0.3, -0.25) is 4.79 Å². The van der Waals surface area contributed by atoms with E-state index in [4.69, 9.17) is 11.6 Å². The number of carbonyl (C=O) groups is 1. The summed E-state index contributed by atoms with van der Waals surface area (Å²) >= 11 is 6.78. The van der Waals surface area contributed by atoms with Crippen LogP contribution in [0.25, 0.3) is 16.8 Å². The fourth-order valence-corrected chi connectivity index (χ4v) is 4.03. The number of hydrogen-bond acceptors (Lipinski definition) is 4. The molecule has 0 fully saturated rings. The summed E-state index contributed by atoms with van der Waals surface area (Å²) in [6.07, 6.45) is -1.32. The fraction of sp³-hybridized carbons (Fsp3) is 0.136. The van der Waals surface area contributed by atoms with Crippen molar-refractivity contribution in [1.29, 1.82) is 0 Å². The van der Waals surface area contributed by atoms with Crippen LogP contribution in [-0.2, 0) is 11.0 Å². The summed E-state index contributed by atoms with van der Waals surface area (Å²) in [5, 5.41) is 7.18. The minimum absolute atomic E-state index is 0.0181. The summed E-state index contributed by atoms with van der Waals surface area (Å²) in [4.78, 5) is 16.7. The number of alkyl halides is 3. The second kappa shape index (κ2) is 8.84. The van der Waals surface area contributed by atoms with Crippen molar-refractivity contribution in [2.45, 2.75) is 18.1 Å². The van der Waals surface area contributed by atoms with Crippen molar-refractivity contribution in [3.8, 4) is 11.3 Å². The molecule has 4 aromatic rings. The highest BCUT2D eigenvalue weighted by molar-refractivity contribution is 8.00. The molecule has 32 heavy (non-hydrogen) atoms. The van der Waals surface area contributed by atoms with Crippen LogP contribution >= 0.6 is 23.4 Å². The summed E-state index contributed by atoms with van der Waals surface area (Å²) < 4.78 is 40.7. The first-order valence-corrected chi connectivity index (χ1v) is 10.8. The zero-order valence-corrected chi connectivity index (χ0v) is 18.2. The van der Waals surface area contributed by atoms with Crippen molar-refractivity contribution in [1.82, 2.24) is 14.6 Å². The number of halogens is 4. The van der Waals surface area contributed by atoms with Gasteiger partial charge in [-0.25, -0.2) is 9.50 Å². The lowest BCUT2D eigenvalue weighted by molar-refractivity contribution is -0.137. The molecule has 0 aliphatic rings. The molecular formula is C22H16ClF3N4OS. The first-order chi connectivity index (χ1) is 15.2. The monoisotopic (exact) mass is 476 g/mol. The molecule has 2 heterocycles. The van der Waals surface area contributed by atoms with Gasteiger partial charge in [0.25, 0.3) is 0 Å². The average Bonchev–Trinajstić information content (AvgIpc) is 3.18. The number of nitrogens with one attached hydrogen (secondary N) is 1. The van der Waals surface area contributed by atoms with E-state index >= 15 is 0 Å². The van der Waals surface area contributed by atoms with Crippen molar-refractivity contribution in [3.63, 3.8) is 0 Å². The van der Waals surface area contributed by atoms with Crippen LogP contribution < -0.4 is 5.32 Å². The van der Waals surface area contributed by atoms with Gasteiger partial charge < -0.3 is 5.32 Å². The van der Waals surface area contributed by atoms with Gasteiger partial charge in [-0.1, -0.05) is 53.2 Å². The molecule has 0 aliphatic carbocycles. The van der Waals surface area contributed by atoms with E-state index in [1.807, 2.05) is 37.3 Å². The van der Waals surface area contributed by atoms with Crippen molar-refractivity contribution < 1.29 is 18.0 Å². The number of aromatic nitrogens is 3. The third-order valence-corrected chi connectivity index (χ3v) is 5.92. The second-order valence-electron chi connectivity index (χ2n) is 6.99. The summed E-state index contributed by atoms with van der Waals surface area (Å²) in [7, 11) is 0. The largest absolute Gasteiger partial charge is 0.417 e. The smallest absolute Gasteiger partial charge is 0.325 e. The van der Waals surface area contributed by atoms with Gasteiger partial charge in [0.1, 0.15) is 5.03 Å². The van der Waals surface area contributed by atoms with Gasteiger partial charge >= 0.3 is 6.18 Å². The number of carbonyl (C=O) groups excluding carboxylic acids is 1. The summed E-state index contributed by atoms with van der Waals surface area (Å²) in [5.74, 6) is -0.505. The van der Waals surface area contributed by atoms with E-state index in [-0.39, 0.29) is 11.4 Å². The number of anilines is 1. The molecule has 1 N–H and O–H groups in total. The van der Waals surface area contributed by atoms with Gasteiger partial charge in [-0.2, -0.15) is 18.3 Å². The lowest BCUT2D eigenvalue weighted by atomic mass is 10.1. The van der Waals surface area contributed by atoms with Crippen LogP contribution in [0.3, 0.4) is 0 Å². The summed E-state index contributed by atoms with van der Waals surface area (Å²) in [6, 6.07) is 13.1. The van der Waals surface area contributed by atoms with E-state index in [1.54, 1.807) is 16.9 Å². The zero-order chi connectivity index (χ0) is 22.9. The van der Waals surface area contributed by atoms with Crippen LogP contribution in [0.15, 0.2) is 66.0 Å². The van der Waals surface area contributed by atoms with Crippen molar-refractivity contribution >= 4 is 40.5 Å². The number of hydrogen-bond donors (Lipinski definition) is 1. The maximum atomic E-state index is 13.0. The second-order valence-corrected chi connectivity index (χ2v) is 8.36. The fourth-order valence-electron chi connectivity index (χ4n) is 3.03. The number of amides is 1. The molecule has 10 heteroatoms. The molecule has 0 saturated carbocycles. The SMILES string of the molecule is Cc1ccc(-c2cc3c(SCC(=O)Nc4ccc(Cl)c(C(F)(F)F)c4)nccn3n2)cc1. The quantitative estimate of drug-likeness (QED) is 0.353. The molecule has 0 aliphatic heterocycles. The third kappa shape index (κ3) is 4.89. The Balaban J connectivity index is 1.48. The maximum absolute atomic E-state index is 13.0. The maximum Gasteiger partial charge on any atom is 0.417 e. The molecule has 5 nitrogen and oxygen atoms in total. The van der Waals surface area contributed by atoms with Crippen LogP contribution in [0.4, 0.5) is 18.9 Å². The molecule has 0 spiro atoms. The Labute approximate surface area is 190 Å². The molecule has 2 aromatic carbocycles. The number of rotatable bonds is 5.